The molecule has 2 aliphatic rings. The van der Waals surface area contributed by atoms with E-state index in [1.54, 1.807) is 25.3 Å². The van der Waals surface area contributed by atoms with Gasteiger partial charge in [0.1, 0.15) is 17.7 Å². The number of carbonyl (C=O) groups excluding carboxylic acids is 1. The fraction of sp³-hybridized carbons (Fsp3) is 0.321. The second-order valence-electron chi connectivity index (χ2n) is 9.01. The van der Waals surface area contributed by atoms with E-state index < -0.39 is 23.4 Å². The molecule has 0 spiro atoms. The molecule has 1 atom stereocenters. The molecule has 0 N–H and O–H groups in total. The number of methoxy groups -OCH3 is 1. The molecule has 0 bridgehead atoms. The van der Waals surface area contributed by atoms with E-state index in [0.29, 0.717) is 23.3 Å². The Hall–Kier alpha value is -3.16. The third-order valence-electron chi connectivity index (χ3n) is 6.85. The van der Waals surface area contributed by atoms with Crippen molar-refractivity contribution in [3.8, 4) is 16.9 Å². The van der Waals surface area contributed by atoms with Crippen molar-refractivity contribution in [1.29, 1.82) is 0 Å². The van der Waals surface area contributed by atoms with Gasteiger partial charge in [0.15, 0.2) is 11.6 Å². The van der Waals surface area contributed by atoms with Crippen LogP contribution >= 0.6 is 0 Å². The number of epoxide rings is 1. The van der Waals surface area contributed by atoms with Crippen LogP contribution in [0.4, 0.5) is 13.2 Å². The van der Waals surface area contributed by atoms with E-state index in [1.165, 1.54) is 36.4 Å². The lowest BCUT2D eigenvalue weighted by atomic mass is 9.82. The smallest absolute Gasteiger partial charge is 0.346 e. The van der Waals surface area contributed by atoms with E-state index in [1.807, 2.05) is 0 Å². The molecule has 1 heterocycles. The highest BCUT2D eigenvalue weighted by atomic mass is 19.2. The summed E-state index contributed by atoms with van der Waals surface area (Å²) in [5, 5.41) is 0. The van der Waals surface area contributed by atoms with E-state index in [4.69, 9.17) is 14.2 Å². The zero-order chi connectivity index (χ0) is 24.5. The number of rotatable bonds is 6. The average molecular weight is 482 g/mol. The van der Waals surface area contributed by atoms with Gasteiger partial charge >= 0.3 is 5.97 Å². The Balaban J connectivity index is 1.29. The summed E-state index contributed by atoms with van der Waals surface area (Å²) >= 11 is 0. The SMILES string of the molecule is COC1CCC(c2ccc(-c3ccc(OC(=O)c4ccc(C5CO5)cc4F)cc3)c(F)c2F)CC1. The first-order valence-electron chi connectivity index (χ1n) is 11.7. The molecule has 3 aromatic carbocycles. The van der Waals surface area contributed by atoms with Crippen LogP contribution in [0.2, 0.25) is 0 Å². The molecule has 1 aliphatic heterocycles. The predicted molar refractivity (Wildman–Crippen MR) is 124 cm³/mol. The summed E-state index contributed by atoms with van der Waals surface area (Å²) in [5.41, 5.74) is 1.44. The Morgan fingerprint density at radius 2 is 1.63 bits per heavy atom. The predicted octanol–water partition coefficient (Wildman–Crippen LogP) is 6.73. The van der Waals surface area contributed by atoms with Crippen LogP contribution in [0, 0.1) is 17.5 Å². The topological polar surface area (TPSA) is 48.1 Å². The number of ether oxygens (including phenoxy) is 3. The normalized spacial score (nSPS) is 21.5. The molecule has 35 heavy (non-hydrogen) atoms. The first-order chi connectivity index (χ1) is 16.9. The molecule has 7 heteroatoms. The number of hydrogen-bond donors (Lipinski definition) is 0. The Morgan fingerprint density at radius 3 is 2.26 bits per heavy atom. The standard InChI is InChI=1S/C28H25F3O4/c1-33-19-7-2-16(3-8-19)21-12-13-22(27(31)26(21)30)17-4-9-20(10-5-17)35-28(32)23-11-6-18(14-24(23)29)25-15-34-25/h4-6,9-14,16,19,25H,2-3,7-8,15H2,1H3. The molecule has 0 aromatic heterocycles. The summed E-state index contributed by atoms with van der Waals surface area (Å²) in [7, 11) is 1.67. The molecule has 0 amide bonds. The van der Waals surface area contributed by atoms with Gasteiger partial charge in [-0.2, -0.15) is 0 Å². The fourth-order valence-corrected chi connectivity index (χ4v) is 4.71. The molecular weight excluding hydrogens is 457 g/mol. The lowest BCUT2D eigenvalue weighted by Crippen LogP contribution is -2.20. The van der Waals surface area contributed by atoms with Gasteiger partial charge in [-0.05, 0) is 72.6 Å². The van der Waals surface area contributed by atoms with Crippen LogP contribution in [0.1, 0.15) is 59.2 Å². The van der Waals surface area contributed by atoms with Crippen molar-refractivity contribution in [2.75, 3.05) is 13.7 Å². The lowest BCUT2D eigenvalue weighted by Gasteiger charge is -2.28. The minimum atomic E-state index is -0.900. The zero-order valence-corrected chi connectivity index (χ0v) is 19.2. The van der Waals surface area contributed by atoms with Crippen molar-refractivity contribution in [2.24, 2.45) is 0 Å². The van der Waals surface area contributed by atoms with Gasteiger partial charge in [0.25, 0.3) is 0 Å². The maximum Gasteiger partial charge on any atom is 0.346 e. The van der Waals surface area contributed by atoms with Gasteiger partial charge in [0.2, 0.25) is 0 Å². The number of carbonyl (C=O) groups is 1. The zero-order valence-electron chi connectivity index (χ0n) is 19.2. The second kappa shape index (κ2) is 9.84. The first kappa shape index (κ1) is 23.6. The van der Waals surface area contributed by atoms with Crippen LogP contribution in [-0.2, 0) is 9.47 Å². The Labute approximate surface area is 201 Å². The van der Waals surface area contributed by atoms with Crippen LogP contribution in [0.3, 0.4) is 0 Å². The minimum Gasteiger partial charge on any atom is -0.423 e. The van der Waals surface area contributed by atoms with Gasteiger partial charge in [-0.25, -0.2) is 18.0 Å². The Bertz CT molecular complexity index is 1230. The van der Waals surface area contributed by atoms with Gasteiger partial charge in [0, 0.05) is 12.7 Å². The highest BCUT2D eigenvalue weighted by Gasteiger charge is 2.28. The fourth-order valence-electron chi connectivity index (χ4n) is 4.71. The van der Waals surface area contributed by atoms with Gasteiger partial charge in [-0.15, -0.1) is 0 Å². The molecule has 1 saturated heterocycles. The quantitative estimate of drug-likeness (QED) is 0.222. The highest BCUT2D eigenvalue weighted by molar-refractivity contribution is 5.91. The summed E-state index contributed by atoms with van der Waals surface area (Å²) < 4.78 is 60.0. The number of benzene rings is 3. The van der Waals surface area contributed by atoms with E-state index in [2.05, 4.69) is 0 Å². The van der Waals surface area contributed by atoms with Crippen molar-refractivity contribution >= 4 is 5.97 Å². The second-order valence-corrected chi connectivity index (χ2v) is 9.01. The van der Waals surface area contributed by atoms with Gasteiger partial charge in [0.05, 0.1) is 18.3 Å². The van der Waals surface area contributed by atoms with Crippen molar-refractivity contribution in [3.63, 3.8) is 0 Å². The van der Waals surface area contributed by atoms with Crippen molar-refractivity contribution in [3.05, 3.63) is 88.7 Å². The third-order valence-corrected chi connectivity index (χ3v) is 6.85. The lowest BCUT2D eigenvalue weighted by molar-refractivity contribution is 0.0655. The van der Waals surface area contributed by atoms with E-state index in [9.17, 15) is 18.0 Å². The molecule has 0 radical (unpaired) electrons. The molecule has 4 nitrogen and oxygen atoms in total. The Kier molecular flexibility index (Phi) is 6.62. The summed E-state index contributed by atoms with van der Waals surface area (Å²) in [4.78, 5) is 12.4. The van der Waals surface area contributed by atoms with Crippen LogP contribution in [-0.4, -0.2) is 25.8 Å². The maximum atomic E-state index is 15.0. The van der Waals surface area contributed by atoms with Crippen molar-refractivity contribution in [1.82, 2.24) is 0 Å². The molecule has 1 unspecified atom stereocenters. The van der Waals surface area contributed by atoms with E-state index in [0.717, 1.165) is 25.7 Å². The van der Waals surface area contributed by atoms with Crippen LogP contribution < -0.4 is 4.74 Å². The van der Waals surface area contributed by atoms with Crippen LogP contribution in [0.25, 0.3) is 11.1 Å². The largest absolute Gasteiger partial charge is 0.423 e. The summed E-state index contributed by atoms with van der Waals surface area (Å²) in [6.45, 7) is 0.540. The van der Waals surface area contributed by atoms with E-state index >= 15 is 0 Å². The molecule has 2 fully saturated rings. The first-order valence-corrected chi connectivity index (χ1v) is 11.7. The summed E-state index contributed by atoms with van der Waals surface area (Å²) in [6.07, 6.45) is 3.23. The van der Waals surface area contributed by atoms with Crippen molar-refractivity contribution in [2.45, 2.75) is 43.8 Å². The molecule has 1 aliphatic carbocycles. The Morgan fingerprint density at radius 1 is 0.914 bits per heavy atom. The van der Waals surface area contributed by atoms with E-state index in [-0.39, 0.29) is 35.0 Å². The third kappa shape index (κ3) is 4.97. The minimum absolute atomic E-state index is 0.0296. The monoisotopic (exact) mass is 482 g/mol. The number of halogens is 3. The number of hydrogen-bond acceptors (Lipinski definition) is 4. The number of esters is 1. The molecular formula is C28H25F3O4. The molecule has 182 valence electrons. The van der Waals surface area contributed by atoms with Crippen molar-refractivity contribution < 1.29 is 32.2 Å². The van der Waals surface area contributed by atoms with Gasteiger partial charge in [-0.3, -0.25) is 0 Å². The summed E-state index contributed by atoms with van der Waals surface area (Å²) in [6, 6.07) is 13.5. The molecule has 3 aromatic rings. The van der Waals surface area contributed by atoms with Crippen LogP contribution in [0.5, 0.6) is 5.75 Å². The maximum absolute atomic E-state index is 15.0. The molecule has 5 rings (SSSR count). The van der Waals surface area contributed by atoms with Crippen LogP contribution in [0.15, 0.2) is 54.6 Å². The van der Waals surface area contributed by atoms with Gasteiger partial charge in [-0.1, -0.05) is 30.3 Å². The van der Waals surface area contributed by atoms with Gasteiger partial charge < -0.3 is 14.2 Å². The molecule has 1 saturated carbocycles. The highest BCUT2D eigenvalue weighted by Crippen LogP contribution is 2.38. The average Bonchev–Trinajstić information content (AvgIpc) is 3.72. The summed E-state index contributed by atoms with van der Waals surface area (Å²) in [5.74, 6) is -3.12.